The Bertz CT molecular complexity index is 254. The van der Waals surface area contributed by atoms with E-state index in [0.29, 0.717) is 0 Å². The molecule has 0 aromatic rings. The van der Waals surface area contributed by atoms with E-state index in [9.17, 15) is 0 Å². The van der Waals surface area contributed by atoms with Crippen LogP contribution in [0.4, 0.5) is 0 Å². The molecular formula is C17H34N2. The lowest BCUT2D eigenvalue weighted by Crippen LogP contribution is -2.45. The van der Waals surface area contributed by atoms with Gasteiger partial charge in [-0.2, -0.15) is 0 Å². The molecule has 2 rings (SSSR count). The van der Waals surface area contributed by atoms with Crippen LogP contribution in [0.1, 0.15) is 53.4 Å². The molecule has 2 heterocycles. The lowest BCUT2D eigenvalue weighted by atomic mass is 9.86. The van der Waals surface area contributed by atoms with E-state index in [2.05, 4.69) is 37.5 Å². The minimum Gasteiger partial charge on any atom is -0.303 e. The molecule has 0 radical (unpaired) electrons. The molecule has 19 heavy (non-hydrogen) atoms. The molecule has 0 aromatic carbocycles. The van der Waals surface area contributed by atoms with Gasteiger partial charge in [-0.1, -0.05) is 13.8 Å². The van der Waals surface area contributed by atoms with Gasteiger partial charge >= 0.3 is 0 Å². The van der Waals surface area contributed by atoms with Crippen molar-refractivity contribution in [3.05, 3.63) is 0 Å². The van der Waals surface area contributed by atoms with E-state index in [1.165, 1.54) is 58.4 Å². The quantitative estimate of drug-likeness (QED) is 0.769. The first kappa shape index (κ1) is 15.3. The Balaban J connectivity index is 1.73. The largest absolute Gasteiger partial charge is 0.303 e. The highest BCUT2D eigenvalue weighted by Gasteiger charge is 2.26. The molecule has 0 aromatic heterocycles. The van der Waals surface area contributed by atoms with Gasteiger partial charge < -0.3 is 9.80 Å². The molecule has 1 unspecified atom stereocenters. The number of piperidine rings is 2. The van der Waals surface area contributed by atoms with Gasteiger partial charge in [0.15, 0.2) is 0 Å². The number of rotatable bonds is 4. The average molecular weight is 266 g/mol. The summed E-state index contributed by atoms with van der Waals surface area (Å²) in [7, 11) is 0. The minimum absolute atomic E-state index is 0.731. The first-order valence-electron chi connectivity index (χ1n) is 8.52. The molecule has 0 N–H and O–H groups in total. The van der Waals surface area contributed by atoms with Gasteiger partial charge in [-0.25, -0.2) is 0 Å². The van der Waals surface area contributed by atoms with Crippen molar-refractivity contribution >= 4 is 0 Å². The van der Waals surface area contributed by atoms with E-state index in [1.54, 1.807) is 0 Å². The Labute approximate surface area is 120 Å². The second-order valence-electron chi connectivity index (χ2n) is 7.48. The third-order valence-electron chi connectivity index (χ3n) is 5.37. The van der Waals surface area contributed by atoms with Crippen LogP contribution in [0.2, 0.25) is 0 Å². The highest BCUT2D eigenvalue weighted by molar-refractivity contribution is 4.80. The van der Waals surface area contributed by atoms with E-state index < -0.39 is 0 Å². The minimum atomic E-state index is 0.731. The maximum Gasteiger partial charge on any atom is 0.00387 e. The zero-order chi connectivity index (χ0) is 13.8. The summed E-state index contributed by atoms with van der Waals surface area (Å²) in [6.45, 7) is 16.2. The van der Waals surface area contributed by atoms with Gasteiger partial charge in [-0.15, -0.1) is 0 Å². The third kappa shape index (κ3) is 4.46. The highest BCUT2D eigenvalue weighted by Crippen LogP contribution is 2.26. The van der Waals surface area contributed by atoms with Gasteiger partial charge in [-0.3, -0.25) is 0 Å². The van der Waals surface area contributed by atoms with Crippen molar-refractivity contribution in [1.29, 1.82) is 0 Å². The lowest BCUT2D eigenvalue weighted by Gasteiger charge is -2.40. The van der Waals surface area contributed by atoms with Crippen LogP contribution in [0.5, 0.6) is 0 Å². The Hall–Kier alpha value is -0.0800. The van der Waals surface area contributed by atoms with Gasteiger partial charge in [0.2, 0.25) is 0 Å². The van der Waals surface area contributed by atoms with Gasteiger partial charge in [0, 0.05) is 19.1 Å². The van der Waals surface area contributed by atoms with Crippen LogP contribution < -0.4 is 0 Å². The molecule has 0 spiro atoms. The number of hydrogen-bond acceptors (Lipinski definition) is 2. The monoisotopic (exact) mass is 266 g/mol. The summed E-state index contributed by atoms with van der Waals surface area (Å²) in [5.41, 5.74) is 0. The first-order chi connectivity index (χ1) is 9.06. The Morgan fingerprint density at radius 1 is 0.947 bits per heavy atom. The van der Waals surface area contributed by atoms with E-state index >= 15 is 0 Å². The Kier molecular flexibility index (Phi) is 5.70. The predicted octanol–water partition coefficient (Wildman–Crippen LogP) is 3.47. The second kappa shape index (κ2) is 7.08. The summed E-state index contributed by atoms with van der Waals surface area (Å²) < 4.78 is 0. The molecule has 112 valence electrons. The Morgan fingerprint density at radius 3 is 2.21 bits per heavy atom. The van der Waals surface area contributed by atoms with E-state index in [0.717, 1.165) is 23.8 Å². The SMILES string of the molecule is CC(C)C1CCN(CC2CCCN(C(C)C)C2)CC1. The fraction of sp³-hybridized carbons (Fsp3) is 1.00. The zero-order valence-electron chi connectivity index (χ0n) is 13.6. The first-order valence-corrected chi connectivity index (χ1v) is 8.52. The fourth-order valence-corrected chi connectivity index (χ4v) is 3.88. The molecule has 0 aliphatic carbocycles. The molecule has 2 aliphatic heterocycles. The van der Waals surface area contributed by atoms with Gasteiger partial charge in [0.05, 0.1) is 0 Å². The smallest absolute Gasteiger partial charge is 0.00387 e. The van der Waals surface area contributed by atoms with E-state index in [4.69, 9.17) is 0 Å². The van der Waals surface area contributed by atoms with Crippen LogP contribution in [-0.4, -0.2) is 48.6 Å². The van der Waals surface area contributed by atoms with Gasteiger partial charge in [0.1, 0.15) is 0 Å². The van der Waals surface area contributed by atoms with Crippen molar-refractivity contribution in [1.82, 2.24) is 9.80 Å². The summed E-state index contributed by atoms with van der Waals surface area (Å²) in [6.07, 6.45) is 5.72. The summed E-state index contributed by atoms with van der Waals surface area (Å²) >= 11 is 0. The maximum atomic E-state index is 2.74. The molecule has 0 amide bonds. The highest BCUT2D eigenvalue weighted by atomic mass is 15.2. The summed E-state index contributed by atoms with van der Waals surface area (Å²) in [6, 6.07) is 0.731. The molecule has 2 aliphatic rings. The molecule has 2 nitrogen and oxygen atoms in total. The van der Waals surface area contributed by atoms with Crippen molar-refractivity contribution in [2.45, 2.75) is 59.4 Å². The van der Waals surface area contributed by atoms with Crippen LogP contribution in [0.25, 0.3) is 0 Å². The molecule has 0 bridgehead atoms. The molecule has 2 fully saturated rings. The lowest BCUT2D eigenvalue weighted by molar-refractivity contribution is 0.0880. The van der Waals surface area contributed by atoms with Crippen LogP contribution in [0.15, 0.2) is 0 Å². The van der Waals surface area contributed by atoms with Crippen LogP contribution in [0, 0.1) is 17.8 Å². The van der Waals surface area contributed by atoms with Crippen molar-refractivity contribution in [3.8, 4) is 0 Å². The van der Waals surface area contributed by atoms with Crippen LogP contribution in [-0.2, 0) is 0 Å². The molecule has 1 atom stereocenters. The normalized spacial score (nSPS) is 28.4. The fourth-order valence-electron chi connectivity index (χ4n) is 3.88. The Morgan fingerprint density at radius 2 is 1.63 bits per heavy atom. The van der Waals surface area contributed by atoms with Gasteiger partial charge in [-0.05, 0) is 76.9 Å². The van der Waals surface area contributed by atoms with E-state index in [-0.39, 0.29) is 0 Å². The maximum absolute atomic E-state index is 2.74. The molecule has 2 saturated heterocycles. The summed E-state index contributed by atoms with van der Waals surface area (Å²) in [5, 5.41) is 0. The third-order valence-corrected chi connectivity index (χ3v) is 5.37. The topological polar surface area (TPSA) is 6.48 Å². The average Bonchev–Trinajstić information content (AvgIpc) is 2.39. The van der Waals surface area contributed by atoms with Crippen LogP contribution in [0.3, 0.4) is 0 Å². The number of nitrogens with zero attached hydrogens (tertiary/aromatic N) is 2. The second-order valence-corrected chi connectivity index (χ2v) is 7.48. The van der Waals surface area contributed by atoms with E-state index in [1.807, 2.05) is 0 Å². The van der Waals surface area contributed by atoms with Crippen LogP contribution >= 0.6 is 0 Å². The van der Waals surface area contributed by atoms with Crippen molar-refractivity contribution in [2.24, 2.45) is 17.8 Å². The molecule has 2 heteroatoms. The molecule has 0 saturated carbocycles. The predicted molar refractivity (Wildman–Crippen MR) is 83.4 cm³/mol. The van der Waals surface area contributed by atoms with Crippen molar-refractivity contribution < 1.29 is 0 Å². The summed E-state index contributed by atoms with van der Waals surface area (Å²) in [5.74, 6) is 2.79. The van der Waals surface area contributed by atoms with Crippen molar-refractivity contribution in [2.75, 3.05) is 32.7 Å². The van der Waals surface area contributed by atoms with Gasteiger partial charge in [0.25, 0.3) is 0 Å². The summed E-state index contributed by atoms with van der Waals surface area (Å²) in [4.78, 5) is 5.42. The zero-order valence-corrected chi connectivity index (χ0v) is 13.6. The standard InChI is InChI=1S/C17H34N2/c1-14(2)17-7-10-18(11-8-17)12-16-6-5-9-19(13-16)15(3)4/h14-17H,5-13H2,1-4H3. The number of hydrogen-bond donors (Lipinski definition) is 0. The van der Waals surface area contributed by atoms with Crippen molar-refractivity contribution in [3.63, 3.8) is 0 Å². The number of likely N-dealkylation sites (tertiary alicyclic amines) is 2. The molecular weight excluding hydrogens is 232 g/mol.